The van der Waals surface area contributed by atoms with E-state index >= 15 is 0 Å². The minimum absolute atomic E-state index is 0.0859. The zero-order valence-corrected chi connectivity index (χ0v) is 17.5. The van der Waals surface area contributed by atoms with E-state index in [4.69, 9.17) is 9.47 Å². The van der Waals surface area contributed by atoms with Gasteiger partial charge in [-0.3, -0.25) is 9.36 Å². The maximum Gasteiger partial charge on any atom is 0.234 e. The van der Waals surface area contributed by atoms with Crippen LogP contribution in [-0.2, 0) is 4.79 Å². The van der Waals surface area contributed by atoms with E-state index < -0.39 is 5.82 Å². The predicted octanol–water partition coefficient (Wildman–Crippen LogP) is 4.53. The second kappa shape index (κ2) is 8.72. The highest BCUT2D eigenvalue weighted by Gasteiger charge is 2.20. The standard InChI is InChI=1S/C23H17FN4O3S/c24-16-5-4-6-17(12-16)25-21(29)13-32-23-27-26-22(28(23)18-7-2-1-3-8-18)15-9-10-19-20(11-15)31-14-30-19/h1-12H,13-14H2,(H,25,29). The lowest BCUT2D eigenvalue weighted by atomic mass is 10.2. The molecule has 0 saturated heterocycles. The molecule has 1 N–H and O–H groups in total. The Bertz CT molecular complexity index is 1280. The average Bonchev–Trinajstić information content (AvgIpc) is 3.44. The molecule has 32 heavy (non-hydrogen) atoms. The Hall–Kier alpha value is -3.85. The number of thioether (sulfide) groups is 1. The van der Waals surface area contributed by atoms with Crippen LogP contribution in [0, 0.1) is 5.82 Å². The highest BCUT2D eigenvalue weighted by atomic mass is 32.2. The molecule has 0 fully saturated rings. The molecular formula is C23H17FN4O3S. The molecule has 160 valence electrons. The number of fused-ring (bicyclic) bond motifs is 1. The number of benzene rings is 3. The largest absolute Gasteiger partial charge is 0.454 e. The number of aromatic nitrogens is 3. The Morgan fingerprint density at radius 3 is 2.69 bits per heavy atom. The summed E-state index contributed by atoms with van der Waals surface area (Å²) in [7, 11) is 0. The summed E-state index contributed by atoms with van der Waals surface area (Å²) < 4.78 is 26.1. The first-order valence-corrected chi connectivity index (χ1v) is 10.7. The van der Waals surface area contributed by atoms with Crippen LogP contribution in [0.1, 0.15) is 0 Å². The highest BCUT2D eigenvalue weighted by molar-refractivity contribution is 7.99. The zero-order chi connectivity index (χ0) is 21.9. The number of carbonyl (C=O) groups is 1. The SMILES string of the molecule is O=C(CSc1nnc(-c2ccc3c(c2)OCO3)n1-c1ccccc1)Nc1cccc(F)c1. The van der Waals surface area contributed by atoms with Crippen molar-refractivity contribution in [1.29, 1.82) is 0 Å². The molecule has 0 atom stereocenters. The van der Waals surface area contributed by atoms with Gasteiger partial charge in [0.1, 0.15) is 5.82 Å². The first-order chi connectivity index (χ1) is 15.7. The lowest BCUT2D eigenvalue weighted by molar-refractivity contribution is -0.113. The number of rotatable bonds is 6. The van der Waals surface area contributed by atoms with E-state index in [2.05, 4.69) is 15.5 Å². The fourth-order valence-electron chi connectivity index (χ4n) is 3.29. The molecule has 1 aromatic heterocycles. The Labute approximate surface area is 187 Å². The molecule has 0 unspecified atom stereocenters. The van der Waals surface area contributed by atoms with Gasteiger partial charge in [-0.05, 0) is 48.5 Å². The van der Waals surface area contributed by atoms with Crippen molar-refractivity contribution < 1.29 is 18.7 Å². The number of nitrogens with one attached hydrogen (secondary N) is 1. The number of anilines is 1. The van der Waals surface area contributed by atoms with Gasteiger partial charge in [-0.1, -0.05) is 36.0 Å². The van der Waals surface area contributed by atoms with Crippen molar-refractivity contribution in [3.05, 3.63) is 78.6 Å². The van der Waals surface area contributed by atoms with Gasteiger partial charge in [0.2, 0.25) is 12.7 Å². The van der Waals surface area contributed by atoms with Crippen molar-refractivity contribution in [3.63, 3.8) is 0 Å². The molecule has 0 saturated carbocycles. The highest BCUT2D eigenvalue weighted by Crippen LogP contribution is 2.37. The molecule has 1 aliphatic heterocycles. The van der Waals surface area contributed by atoms with Crippen LogP contribution in [0.25, 0.3) is 17.1 Å². The van der Waals surface area contributed by atoms with Crippen LogP contribution >= 0.6 is 11.8 Å². The Morgan fingerprint density at radius 1 is 1.00 bits per heavy atom. The van der Waals surface area contributed by atoms with Crippen molar-refractivity contribution in [1.82, 2.24) is 14.8 Å². The minimum atomic E-state index is -0.410. The van der Waals surface area contributed by atoms with Crippen LogP contribution in [-0.4, -0.2) is 33.2 Å². The van der Waals surface area contributed by atoms with Crippen LogP contribution in [0.2, 0.25) is 0 Å². The fourth-order valence-corrected chi connectivity index (χ4v) is 4.04. The molecule has 9 heteroatoms. The van der Waals surface area contributed by atoms with Crippen LogP contribution in [0.5, 0.6) is 11.5 Å². The van der Waals surface area contributed by atoms with Gasteiger partial charge in [-0.2, -0.15) is 0 Å². The van der Waals surface area contributed by atoms with Crippen molar-refractivity contribution in [2.45, 2.75) is 5.16 Å². The van der Waals surface area contributed by atoms with Gasteiger partial charge in [0.15, 0.2) is 22.5 Å². The van der Waals surface area contributed by atoms with Crippen molar-refractivity contribution in [3.8, 4) is 28.6 Å². The first kappa shape index (κ1) is 20.1. The molecule has 3 aromatic carbocycles. The van der Waals surface area contributed by atoms with E-state index in [1.54, 1.807) is 12.1 Å². The van der Waals surface area contributed by atoms with Gasteiger partial charge < -0.3 is 14.8 Å². The summed E-state index contributed by atoms with van der Waals surface area (Å²) in [6, 6.07) is 21.0. The summed E-state index contributed by atoms with van der Waals surface area (Å²) in [5, 5.41) is 11.9. The third kappa shape index (κ3) is 4.15. The zero-order valence-electron chi connectivity index (χ0n) is 16.7. The quantitative estimate of drug-likeness (QED) is 0.437. The van der Waals surface area contributed by atoms with Crippen LogP contribution < -0.4 is 14.8 Å². The van der Waals surface area contributed by atoms with Gasteiger partial charge in [-0.25, -0.2) is 4.39 Å². The summed E-state index contributed by atoms with van der Waals surface area (Å²) in [5.41, 5.74) is 2.07. The molecule has 7 nitrogen and oxygen atoms in total. The van der Waals surface area contributed by atoms with Gasteiger partial charge in [0.25, 0.3) is 0 Å². The normalized spacial score (nSPS) is 12.0. The smallest absolute Gasteiger partial charge is 0.234 e. The van der Waals surface area contributed by atoms with E-state index in [1.807, 2.05) is 53.1 Å². The molecule has 1 amide bonds. The molecule has 4 aromatic rings. The number of para-hydroxylation sites is 1. The maximum absolute atomic E-state index is 13.4. The fraction of sp³-hybridized carbons (Fsp3) is 0.0870. The summed E-state index contributed by atoms with van der Waals surface area (Å²) in [5.74, 6) is 1.35. The molecule has 0 spiro atoms. The number of carbonyl (C=O) groups excluding carboxylic acids is 1. The Kier molecular flexibility index (Phi) is 5.47. The van der Waals surface area contributed by atoms with Crippen molar-refractivity contribution in [2.75, 3.05) is 17.9 Å². The topological polar surface area (TPSA) is 78.3 Å². The lowest BCUT2D eigenvalue weighted by Crippen LogP contribution is -2.14. The maximum atomic E-state index is 13.4. The number of hydrogen-bond acceptors (Lipinski definition) is 6. The molecule has 0 radical (unpaired) electrons. The molecule has 0 bridgehead atoms. The summed E-state index contributed by atoms with van der Waals surface area (Å²) in [6.07, 6.45) is 0. The van der Waals surface area contributed by atoms with Crippen molar-refractivity contribution >= 4 is 23.4 Å². The van der Waals surface area contributed by atoms with E-state index in [0.717, 1.165) is 11.3 Å². The van der Waals surface area contributed by atoms with E-state index in [-0.39, 0.29) is 18.5 Å². The monoisotopic (exact) mass is 448 g/mol. The number of nitrogens with zero attached hydrogens (tertiary/aromatic N) is 3. The Morgan fingerprint density at radius 2 is 1.84 bits per heavy atom. The van der Waals surface area contributed by atoms with Gasteiger partial charge in [0, 0.05) is 16.9 Å². The predicted molar refractivity (Wildman–Crippen MR) is 119 cm³/mol. The van der Waals surface area contributed by atoms with Crippen LogP contribution in [0.4, 0.5) is 10.1 Å². The number of halogens is 1. The van der Waals surface area contributed by atoms with E-state index in [0.29, 0.717) is 28.2 Å². The minimum Gasteiger partial charge on any atom is -0.454 e. The van der Waals surface area contributed by atoms with Gasteiger partial charge in [-0.15, -0.1) is 10.2 Å². The average molecular weight is 448 g/mol. The van der Waals surface area contributed by atoms with Gasteiger partial charge in [0.05, 0.1) is 5.75 Å². The molecule has 0 aliphatic carbocycles. The number of ether oxygens (including phenoxy) is 2. The first-order valence-electron chi connectivity index (χ1n) is 9.76. The summed E-state index contributed by atoms with van der Waals surface area (Å²) in [6.45, 7) is 0.186. The lowest BCUT2D eigenvalue weighted by Gasteiger charge is -2.11. The Balaban J connectivity index is 1.42. The number of amides is 1. The molecule has 1 aliphatic rings. The third-order valence-corrected chi connectivity index (χ3v) is 5.65. The van der Waals surface area contributed by atoms with E-state index in [9.17, 15) is 9.18 Å². The van der Waals surface area contributed by atoms with Crippen molar-refractivity contribution in [2.24, 2.45) is 0 Å². The molecular weight excluding hydrogens is 431 g/mol. The third-order valence-electron chi connectivity index (χ3n) is 4.72. The summed E-state index contributed by atoms with van der Waals surface area (Å²) in [4.78, 5) is 12.4. The van der Waals surface area contributed by atoms with E-state index in [1.165, 1.54) is 23.9 Å². The summed E-state index contributed by atoms with van der Waals surface area (Å²) >= 11 is 1.24. The van der Waals surface area contributed by atoms with Gasteiger partial charge >= 0.3 is 0 Å². The van der Waals surface area contributed by atoms with Crippen LogP contribution in [0.3, 0.4) is 0 Å². The second-order valence-electron chi connectivity index (χ2n) is 6.89. The van der Waals surface area contributed by atoms with Crippen LogP contribution in [0.15, 0.2) is 78.0 Å². The molecule has 5 rings (SSSR count). The molecule has 2 heterocycles. The second-order valence-corrected chi connectivity index (χ2v) is 7.83. The number of hydrogen-bond donors (Lipinski definition) is 1.